The Kier molecular flexibility index (Phi) is 5.48. The van der Waals surface area contributed by atoms with Crippen molar-refractivity contribution in [2.24, 2.45) is 0 Å². The lowest BCUT2D eigenvalue weighted by Crippen LogP contribution is -2.33. The molecule has 1 amide bonds. The number of thiophene rings is 1. The van der Waals surface area contributed by atoms with Crippen LogP contribution in [-0.2, 0) is 4.79 Å². The fraction of sp³-hybridized carbons (Fsp3) is 0.353. The number of halogens is 1. The van der Waals surface area contributed by atoms with Gasteiger partial charge >= 0.3 is 0 Å². The molecule has 22 heavy (non-hydrogen) atoms. The van der Waals surface area contributed by atoms with Crippen LogP contribution < -0.4 is 4.74 Å². The molecule has 1 heterocycles. The molecule has 118 valence electrons. The lowest BCUT2D eigenvalue weighted by molar-refractivity contribution is -0.133. The van der Waals surface area contributed by atoms with Gasteiger partial charge in [-0.1, -0.05) is 29.8 Å². The average Bonchev–Trinajstić information content (AvgIpc) is 2.98. The van der Waals surface area contributed by atoms with E-state index in [1.165, 1.54) is 11.3 Å². The van der Waals surface area contributed by atoms with Gasteiger partial charge in [0, 0.05) is 17.5 Å². The van der Waals surface area contributed by atoms with Gasteiger partial charge in [0.25, 0.3) is 0 Å². The Bertz CT molecular complexity index is 656. The molecule has 0 saturated carbocycles. The smallest absolute Gasteiger partial charge is 0.230 e. The number of nitrogens with zero attached hydrogens (tertiary/aromatic N) is 1. The zero-order valence-corrected chi connectivity index (χ0v) is 14.7. The SMILES string of the molecule is COc1ccccc1[C@H](C)N(C)C(=O)[C@H](C)c1ccc(Cl)s1. The quantitative estimate of drug-likeness (QED) is 0.789. The van der Waals surface area contributed by atoms with E-state index in [4.69, 9.17) is 16.3 Å². The minimum Gasteiger partial charge on any atom is -0.496 e. The second kappa shape index (κ2) is 7.16. The summed E-state index contributed by atoms with van der Waals surface area (Å²) >= 11 is 7.41. The van der Waals surface area contributed by atoms with E-state index in [0.717, 1.165) is 16.2 Å². The van der Waals surface area contributed by atoms with Crippen molar-refractivity contribution in [1.29, 1.82) is 0 Å². The number of carbonyl (C=O) groups is 1. The highest BCUT2D eigenvalue weighted by molar-refractivity contribution is 7.16. The van der Waals surface area contributed by atoms with Gasteiger partial charge in [0.15, 0.2) is 0 Å². The van der Waals surface area contributed by atoms with Gasteiger partial charge < -0.3 is 9.64 Å². The zero-order valence-electron chi connectivity index (χ0n) is 13.2. The number of carbonyl (C=O) groups excluding carboxylic acids is 1. The maximum atomic E-state index is 12.7. The van der Waals surface area contributed by atoms with Crippen LogP contribution in [0.3, 0.4) is 0 Å². The van der Waals surface area contributed by atoms with Crippen molar-refractivity contribution in [1.82, 2.24) is 4.90 Å². The van der Waals surface area contributed by atoms with Gasteiger partial charge in [-0.05, 0) is 32.0 Å². The van der Waals surface area contributed by atoms with Crippen LogP contribution in [0.15, 0.2) is 36.4 Å². The molecule has 2 aromatic rings. The molecular weight excluding hydrogens is 318 g/mol. The van der Waals surface area contributed by atoms with Gasteiger partial charge in [0.1, 0.15) is 5.75 Å². The largest absolute Gasteiger partial charge is 0.496 e. The van der Waals surface area contributed by atoms with Crippen LogP contribution in [-0.4, -0.2) is 25.0 Å². The highest BCUT2D eigenvalue weighted by Crippen LogP contribution is 2.33. The minimum absolute atomic E-state index is 0.0666. The number of benzene rings is 1. The summed E-state index contributed by atoms with van der Waals surface area (Å²) in [5.41, 5.74) is 0.997. The summed E-state index contributed by atoms with van der Waals surface area (Å²) in [4.78, 5) is 15.5. The molecule has 0 N–H and O–H groups in total. The van der Waals surface area contributed by atoms with E-state index in [-0.39, 0.29) is 17.9 Å². The van der Waals surface area contributed by atoms with E-state index in [1.54, 1.807) is 12.0 Å². The van der Waals surface area contributed by atoms with Crippen molar-refractivity contribution in [2.45, 2.75) is 25.8 Å². The van der Waals surface area contributed by atoms with Crippen molar-refractivity contribution in [3.8, 4) is 5.75 Å². The van der Waals surface area contributed by atoms with Crippen LogP contribution in [0.2, 0.25) is 4.34 Å². The van der Waals surface area contributed by atoms with Crippen molar-refractivity contribution in [3.05, 3.63) is 51.2 Å². The molecular formula is C17H20ClNO2S. The highest BCUT2D eigenvalue weighted by Gasteiger charge is 2.26. The lowest BCUT2D eigenvalue weighted by atomic mass is 10.0. The third-order valence-corrected chi connectivity index (χ3v) is 5.32. The Labute approximate surface area is 140 Å². The number of ether oxygens (including phenoxy) is 1. The van der Waals surface area contributed by atoms with E-state index in [1.807, 2.05) is 57.3 Å². The number of rotatable bonds is 5. The molecule has 0 aliphatic heterocycles. The fourth-order valence-corrected chi connectivity index (χ4v) is 3.50. The summed E-state index contributed by atoms with van der Waals surface area (Å²) in [5.74, 6) is 0.651. The summed E-state index contributed by atoms with van der Waals surface area (Å²) in [7, 11) is 3.47. The van der Waals surface area contributed by atoms with Crippen molar-refractivity contribution < 1.29 is 9.53 Å². The van der Waals surface area contributed by atoms with Crippen LogP contribution in [0.1, 0.15) is 36.2 Å². The Morgan fingerprint density at radius 2 is 1.91 bits per heavy atom. The molecule has 0 unspecified atom stereocenters. The number of para-hydroxylation sites is 1. The molecule has 1 aromatic carbocycles. The van der Waals surface area contributed by atoms with Crippen LogP contribution in [0, 0.1) is 0 Å². The van der Waals surface area contributed by atoms with Crippen LogP contribution in [0.4, 0.5) is 0 Å². The van der Waals surface area contributed by atoms with E-state index in [9.17, 15) is 4.79 Å². The van der Waals surface area contributed by atoms with Crippen molar-refractivity contribution in [3.63, 3.8) is 0 Å². The Morgan fingerprint density at radius 3 is 2.50 bits per heavy atom. The zero-order chi connectivity index (χ0) is 16.3. The summed E-state index contributed by atoms with van der Waals surface area (Å²) < 4.78 is 6.10. The first-order valence-corrected chi connectivity index (χ1v) is 8.30. The Balaban J connectivity index is 2.19. The van der Waals surface area contributed by atoms with Gasteiger partial charge in [0.05, 0.1) is 23.4 Å². The van der Waals surface area contributed by atoms with Crippen LogP contribution in [0.5, 0.6) is 5.75 Å². The van der Waals surface area contributed by atoms with Crippen LogP contribution >= 0.6 is 22.9 Å². The number of methoxy groups -OCH3 is 1. The monoisotopic (exact) mass is 337 g/mol. The maximum absolute atomic E-state index is 12.7. The van der Waals surface area contributed by atoms with Gasteiger partial charge in [0.2, 0.25) is 5.91 Å². The number of hydrogen-bond acceptors (Lipinski definition) is 3. The fourth-order valence-electron chi connectivity index (χ4n) is 2.40. The highest BCUT2D eigenvalue weighted by atomic mass is 35.5. The Hall–Kier alpha value is -1.52. The molecule has 5 heteroatoms. The third kappa shape index (κ3) is 3.45. The minimum atomic E-state index is -0.209. The summed E-state index contributed by atoms with van der Waals surface area (Å²) in [5, 5.41) is 0. The normalized spacial score (nSPS) is 13.5. The predicted molar refractivity (Wildman–Crippen MR) is 91.9 cm³/mol. The Morgan fingerprint density at radius 1 is 1.23 bits per heavy atom. The first-order valence-electron chi connectivity index (χ1n) is 7.10. The first kappa shape index (κ1) is 16.8. The van der Waals surface area contributed by atoms with E-state index in [2.05, 4.69) is 0 Å². The molecule has 2 atom stereocenters. The van der Waals surface area contributed by atoms with Gasteiger partial charge in [-0.15, -0.1) is 11.3 Å². The maximum Gasteiger partial charge on any atom is 0.230 e. The molecule has 1 aromatic heterocycles. The van der Waals surface area contributed by atoms with Crippen molar-refractivity contribution >= 4 is 28.8 Å². The number of hydrogen-bond donors (Lipinski definition) is 0. The number of amides is 1. The summed E-state index contributed by atoms with van der Waals surface area (Å²) in [6, 6.07) is 11.4. The van der Waals surface area contributed by atoms with Gasteiger partial charge in [-0.3, -0.25) is 4.79 Å². The van der Waals surface area contributed by atoms with Crippen molar-refractivity contribution in [2.75, 3.05) is 14.2 Å². The molecule has 0 spiro atoms. The first-order chi connectivity index (χ1) is 10.5. The molecule has 2 rings (SSSR count). The van der Waals surface area contributed by atoms with Crippen LogP contribution in [0.25, 0.3) is 0 Å². The van der Waals surface area contributed by atoms with Gasteiger partial charge in [-0.25, -0.2) is 0 Å². The molecule has 0 aliphatic carbocycles. The molecule has 0 aliphatic rings. The topological polar surface area (TPSA) is 29.5 Å². The van der Waals surface area contributed by atoms with E-state index >= 15 is 0 Å². The molecule has 0 radical (unpaired) electrons. The van der Waals surface area contributed by atoms with E-state index in [0.29, 0.717) is 4.34 Å². The number of likely N-dealkylation sites (N-methyl/N-ethyl adjacent to an activating group) is 1. The third-order valence-electron chi connectivity index (χ3n) is 3.91. The van der Waals surface area contributed by atoms with Gasteiger partial charge in [-0.2, -0.15) is 0 Å². The van der Waals surface area contributed by atoms with E-state index < -0.39 is 0 Å². The standard InChI is InChI=1S/C17H20ClNO2S/c1-11(15-9-10-16(18)22-15)17(20)19(3)12(2)13-7-5-6-8-14(13)21-4/h5-12H,1-4H3/t11-,12+/m1/s1. The molecule has 0 saturated heterocycles. The molecule has 0 bridgehead atoms. The lowest BCUT2D eigenvalue weighted by Gasteiger charge is -2.28. The molecule has 3 nitrogen and oxygen atoms in total. The molecule has 0 fully saturated rings. The summed E-state index contributed by atoms with van der Waals surface area (Å²) in [6.45, 7) is 3.92. The summed E-state index contributed by atoms with van der Waals surface area (Å²) in [6.07, 6.45) is 0. The second-order valence-electron chi connectivity index (χ2n) is 5.23. The second-order valence-corrected chi connectivity index (χ2v) is 6.98. The average molecular weight is 338 g/mol. The predicted octanol–water partition coefficient (Wildman–Crippen LogP) is 4.73.